The first-order chi connectivity index (χ1) is 8.31. The third-order valence-corrected chi connectivity index (χ3v) is 4.15. The van der Waals surface area contributed by atoms with E-state index in [9.17, 15) is 4.39 Å². The Morgan fingerprint density at radius 3 is 3.00 bits per heavy atom. The lowest BCUT2D eigenvalue weighted by Crippen LogP contribution is -2.48. The largest absolute Gasteiger partial charge is 0.357 e. The molecule has 1 atom stereocenters. The Hall–Kier alpha value is -0.450. The maximum absolute atomic E-state index is 12.1. The van der Waals surface area contributed by atoms with Gasteiger partial charge in [-0.3, -0.25) is 9.38 Å². The first-order valence-corrected chi connectivity index (χ1v) is 7.57. The molecular formula is C12H24FN3S. The second kappa shape index (κ2) is 8.61. The van der Waals surface area contributed by atoms with Crippen molar-refractivity contribution in [3.63, 3.8) is 0 Å². The molecule has 1 N–H and O–H groups in total. The molecule has 0 aromatic carbocycles. The van der Waals surface area contributed by atoms with Crippen LogP contribution in [0.1, 0.15) is 26.7 Å². The summed E-state index contributed by atoms with van der Waals surface area (Å²) < 4.78 is 12.1. The molecule has 1 aliphatic rings. The molecule has 1 fully saturated rings. The van der Waals surface area contributed by atoms with E-state index < -0.39 is 0 Å². The van der Waals surface area contributed by atoms with Crippen LogP contribution in [0.4, 0.5) is 4.39 Å². The zero-order chi connectivity index (χ0) is 12.5. The molecule has 17 heavy (non-hydrogen) atoms. The molecule has 0 aromatic heterocycles. The van der Waals surface area contributed by atoms with E-state index in [2.05, 4.69) is 29.1 Å². The third-order valence-electron chi connectivity index (χ3n) is 2.78. The quantitative estimate of drug-likeness (QED) is 0.467. The first kappa shape index (κ1) is 14.6. The minimum Gasteiger partial charge on any atom is -0.357 e. The Balaban J connectivity index is 2.52. The normalized spacial score (nSPS) is 21.7. The van der Waals surface area contributed by atoms with Crippen molar-refractivity contribution in [2.24, 2.45) is 4.99 Å². The Labute approximate surface area is 108 Å². The lowest BCUT2D eigenvalue weighted by atomic mass is 10.3. The van der Waals surface area contributed by atoms with E-state index in [4.69, 9.17) is 0 Å². The highest BCUT2D eigenvalue weighted by Crippen LogP contribution is 2.20. The van der Waals surface area contributed by atoms with Gasteiger partial charge in [-0.1, -0.05) is 6.92 Å². The van der Waals surface area contributed by atoms with Crippen LogP contribution in [0.2, 0.25) is 0 Å². The zero-order valence-corrected chi connectivity index (χ0v) is 11.7. The van der Waals surface area contributed by atoms with E-state index in [1.54, 1.807) is 0 Å². The number of aliphatic imine (C=N–C) groups is 1. The Morgan fingerprint density at radius 2 is 2.35 bits per heavy atom. The highest BCUT2D eigenvalue weighted by molar-refractivity contribution is 8.00. The molecule has 0 aliphatic carbocycles. The number of nitrogens with zero attached hydrogens (tertiary/aromatic N) is 2. The minimum absolute atomic E-state index is 0.281. The topological polar surface area (TPSA) is 27.6 Å². The van der Waals surface area contributed by atoms with E-state index in [-0.39, 0.29) is 6.67 Å². The summed E-state index contributed by atoms with van der Waals surface area (Å²) in [6.45, 7) is 7.57. The summed E-state index contributed by atoms with van der Waals surface area (Å²) in [6.07, 6.45) is 1.72. The van der Waals surface area contributed by atoms with Crippen LogP contribution in [-0.4, -0.2) is 54.7 Å². The molecule has 0 saturated carbocycles. The van der Waals surface area contributed by atoms with E-state index in [1.807, 2.05) is 11.8 Å². The number of hydrogen-bond donors (Lipinski definition) is 1. The SMILES string of the molecule is CCNC(=NCCCF)N1CCSC(CC)C1. The fourth-order valence-electron chi connectivity index (χ4n) is 1.83. The fraction of sp³-hybridized carbons (Fsp3) is 0.917. The summed E-state index contributed by atoms with van der Waals surface area (Å²) in [7, 11) is 0. The van der Waals surface area contributed by atoms with Crippen LogP contribution in [0.5, 0.6) is 0 Å². The first-order valence-electron chi connectivity index (χ1n) is 6.52. The van der Waals surface area contributed by atoms with Crippen molar-refractivity contribution in [1.29, 1.82) is 0 Å². The van der Waals surface area contributed by atoms with Gasteiger partial charge in [-0.05, 0) is 19.8 Å². The van der Waals surface area contributed by atoms with E-state index in [0.717, 1.165) is 31.3 Å². The maximum Gasteiger partial charge on any atom is 0.193 e. The average molecular weight is 261 g/mol. The summed E-state index contributed by atoms with van der Waals surface area (Å²) in [5, 5.41) is 4.00. The molecule has 1 saturated heterocycles. The van der Waals surface area contributed by atoms with Gasteiger partial charge in [0.05, 0.1) is 6.67 Å². The molecule has 0 aromatic rings. The Morgan fingerprint density at radius 1 is 1.53 bits per heavy atom. The highest BCUT2D eigenvalue weighted by Gasteiger charge is 2.21. The van der Waals surface area contributed by atoms with Crippen LogP contribution in [0.25, 0.3) is 0 Å². The van der Waals surface area contributed by atoms with Crippen LogP contribution >= 0.6 is 11.8 Å². The van der Waals surface area contributed by atoms with E-state index in [0.29, 0.717) is 18.2 Å². The van der Waals surface area contributed by atoms with Crippen LogP contribution in [0, 0.1) is 0 Å². The summed E-state index contributed by atoms with van der Waals surface area (Å²) in [6, 6.07) is 0. The minimum atomic E-state index is -0.281. The predicted octanol–water partition coefficient (Wildman–Crippen LogP) is 2.14. The molecule has 5 heteroatoms. The van der Waals surface area contributed by atoms with Gasteiger partial charge >= 0.3 is 0 Å². The van der Waals surface area contributed by atoms with Crippen LogP contribution in [-0.2, 0) is 0 Å². The van der Waals surface area contributed by atoms with Crippen LogP contribution < -0.4 is 5.32 Å². The molecule has 1 aliphatic heterocycles. The highest BCUT2D eigenvalue weighted by atomic mass is 32.2. The Kier molecular flexibility index (Phi) is 7.40. The number of guanidine groups is 1. The number of hydrogen-bond acceptors (Lipinski definition) is 2. The van der Waals surface area contributed by atoms with Crippen molar-refractivity contribution < 1.29 is 4.39 Å². The third kappa shape index (κ3) is 5.15. The molecule has 0 spiro atoms. The van der Waals surface area contributed by atoms with Gasteiger partial charge in [0, 0.05) is 37.2 Å². The van der Waals surface area contributed by atoms with Gasteiger partial charge in [-0.25, -0.2) is 0 Å². The molecule has 100 valence electrons. The molecule has 1 rings (SSSR count). The summed E-state index contributed by atoms with van der Waals surface area (Å²) in [5.41, 5.74) is 0. The maximum atomic E-state index is 12.1. The number of thioether (sulfide) groups is 1. The van der Waals surface area contributed by atoms with Crippen LogP contribution in [0.3, 0.4) is 0 Å². The molecule has 0 amide bonds. The number of rotatable bonds is 5. The van der Waals surface area contributed by atoms with Gasteiger partial charge in [-0.15, -0.1) is 0 Å². The lowest BCUT2D eigenvalue weighted by molar-refractivity contribution is 0.406. The lowest BCUT2D eigenvalue weighted by Gasteiger charge is -2.34. The molecule has 1 heterocycles. The molecule has 0 radical (unpaired) electrons. The van der Waals surface area contributed by atoms with Crippen LogP contribution in [0.15, 0.2) is 4.99 Å². The van der Waals surface area contributed by atoms with Gasteiger partial charge in [-0.2, -0.15) is 11.8 Å². The van der Waals surface area contributed by atoms with Gasteiger partial charge in [0.15, 0.2) is 5.96 Å². The summed E-state index contributed by atoms with van der Waals surface area (Å²) >= 11 is 2.05. The monoisotopic (exact) mass is 261 g/mol. The van der Waals surface area contributed by atoms with Crippen molar-refractivity contribution in [2.75, 3.05) is 38.6 Å². The molecular weight excluding hydrogens is 237 g/mol. The zero-order valence-electron chi connectivity index (χ0n) is 10.9. The number of halogens is 1. The van der Waals surface area contributed by atoms with Gasteiger partial charge < -0.3 is 10.2 Å². The predicted molar refractivity (Wildman–Crippen MR) is 74.7 cm³/mol. The second-order valence-electron chi connectivity index (χ2n) is 4.13. The number of alkyl halides is 1. The van der Waals surface area contributed by atoms with E-state index >= 15 is 0 Å². The van der Waals surface area contributed by atoms with Crippen molar-refractivity contribution in [3.8, 4) is 0 Å². The smallest absolute Gasteiger partial charge is 0.193 e. The van der Waals surface area contributed by atoms with Crippen molar-refractivity contribution in [3.05, 3.63) is 0 Å². The standard InChI is InChI=1S/C12H24FN3S/c1-3-11-10-16(8-9-17-11)12(14-4-2)15-7-5-6-13/h11H,3-10H2,1-2H3,(H,14,15). The average Bonchev–Trinajstić information content (AvgIpc) is 2.38. The van der Waals surface area contributed by atoms with E-state index in [1.165, 1.54) is 6.42 Å². The summed E-state index contributed by atoms with van der Waals surface area (Å²) in [5.74, 6) is 2.12. The molecule has 3 nitrogen and oxygen atoms in total. The fourth-order valence-corrected chi connectivity index (χ4v) is 3.01. The van der Waals surface area contributed by atoms with Gasteiger partial charge in [0.25, 0.3) is 0 Å². The summed E-state index contributed by atoms with van der Waals surface area (Å²) in [4.78, 5) is 6.79. The van der Waals surface area contributed by atoms with Gasteiger partial charge in [0.1, 0.15) is 0 Å². The van der Waals surface area contributed by atoms with Gasteiger partial charge in [0.2, 0.25) is 0 Å². The number of nitrogens with one attached hydrogen (secondary N) is 1. The van der Waals surface area contributed by atoms with Crippen molar-refractivity contribution >= 4 is 17.7 Å². The molecule has 0 bridgehead atoms. The van der Waals surface area contributed by atoms with Crippen molar-refractivity contribution in [1.82, 2.24) is 10.2 Å². The second-order valence-corrected chi connectivity index (χ2v) is 5.53. The Bertz CT molecular complexity index is 236. The molecule has 1 unspecified atom stereocenters. The van der Waals surface area contributed by atoms with Crippen molar-refractivity contribution in [2.45, 2.75) is 31.9 Å².